The number of hydrogen-bond donors (Lipinski definition) is 0. The third kappa shape index (κ3) is 45.3. The first kappa shape index (κ1) is 55.4. The van der Waals surface area contributed by atoms with E-state index < -0.39 is 6.10 Å². The van der Waals surface area contributed by atoms with E-state index in [0.29, 0.717) is 19.3 Å². The van der Waals surface area contributed by atoms with Crippen molar-refractivity contribution in [1.29, 1.82) is 0 Å². The first-order valence-electron chi connectivity index (χ1n) is 25.2. The van der Waals surface area contributed by atoms with E-state index in [-0.39, 0.29) is 31.1 Å². The first-order valence-corrected chi connectivity index (χ1v) is 25.2. The van der Waals surface area contributed by atoms with Crippen LogP contribution in [0.1, 0.15) is 279 Å². The molecule has 0 amide bonds. The van der Waals surface area contributed by atoms with Gasteiger partial charge in [0.2, 0.25) is 0 Å². The summed E-state index contributed by atoms with van der Waals surface area (Å²) in [4.78, 5) is 37.8. The molecule has 0 saturated heterocycles. The van der Waals surface area contributed by atoms with E-state index >= 15 is 0 Å². The van der Waals surface area contributed by atoms with E-state index in [1.807, 2.05) is 0 Å². The van der Waals surface area contributed by atoms with Gasteiger partial charge in [0.1, 0.15) is 13.2 Å². The van der Waals surface area contributed by atoms with Gasteiger partial charge in [0.05, 0.1) is 0 Å². The lowest BCUT2D eigenvalue weighted by atomic mass is 10.0. The van der Waals surface area contributed by atoms with Crippen LogP contribution in [0.15, 0.2) is 0 Å². The van der Waals surface area contributed by atoms with Crippen LogP contribution in [0.5, 0.6) is 0 Å². The fraction of sp³-hybridized carbons (Fsp3) is 0.941. The highest BCUT2D eigenvalue weighted by atomic mass is 16.6. The van der Waals surface area contributed by atoms with Gasteiger partial charge in [0.15, 0.2) is 6.10 Å². The van der Waals surface area contributed by atoms with Crippen LogP contribution < -0.4 is 0 Å². The smallest absolute Gasteiger partial charge is 0.306 e. The zero-order valence-electron chi connectivity index (χ0n) is 39.0. The lowest BCUT2D eigenvalue weighted by Gasteiger charge is -2.18. The Labute approximate surface area is 355 Å². The van der Waals surface area contributed by atoms with Gasteiger partial charge in [-0.1, -0.05) is 240 Å². The highest BCUT2D eigenvalue weighted by molar-refractivity contribution is 5.71. The van der Waals surface area contributed by atoms with E-state index in [0.717, 1.165) is 69.6 Å². The normalized spacial score (nSPS) is 12.1. The number of esters is 3. The van der Waals surface area contributed by atoms with Gasteiger partial charge in [0, 0.05) is 19.3 Å². The molecule has 0 bridgehead atoms. The number of unbranched alkanes of at least 4 members (excludes halogenated alkanes) is 30. The molecule has 0 aromatic rings. The van der Waals surface area contributed by atoms with Crippen LogP contribution in [-0.2, 0) is 28.6 Å². The van der Waals surface area contributed by atoms with Crippen LogP contribution in [-0.4, -0.2) is 37.2 Å². The largest absolute Gasteiger partial charge is 0.462 e. The highest BCUT2D eigenvalue weighted by Gasteiger charge is 2.19. The molecule has 1 atom stereocenters. The molecule has 0 aliphatic heterocycles. The van der Waals surface area contributed by atoms with Crippen molar-refractivity contribution in [2.45, 2.75) is 285 Å². The summed E-state index contributed by atoms with van der Waals surface area (Å²) in [5, 5.41) is 0. The second kappa shape index (κ2) is 44.0. The van der Waals surface area contributed by atoms with Gasteiger partial charge in [-0.15, -0.1) is 0 Å². The Kier molecular flexibility index (Phi) is 42.7. The van der Waals surface area contributed by atoms with Gasteiger partial charge >= 0.3 is 17.9 Å². The van der Waals surface area contributed by atoms with E-state index in [1.54, 1.807) is 0 Å². The molecule has 57 heavy (non-hydrogen) atoms. The lowest BCUT2D eigenvalue weighted by Crippen LogP contribution is -2.30. The minimum absolute atomic E-state index is 0.0648. The summed E-state index contributed by atoms with van der Waals surface area (Å²) in [5.74, 6) is 0.735. The third-order valence-electron chi connectivity index (χ3n) is 11.5. The summed E-state index contributed by atoms with van der Waals surface area (Å²) < 4.78 is 16.8. The monoisotopic (exact) mass is 807 g/mol. The Morgan fingerprint density at radius 1 is 0.333 bits per heavy atom. The second-order valence-electron chi connectivity index (χ2n) is 18.4. The minimum Gasteiger partial charge on any atom is -0.462 e. The average molecular weight is 807 g/mol. The molecule has 0 fully saturated rings. The Hall–Kier alpha value is -1.59. The van der Waals surface area contributed by atoms with E-state index in [2.05, 4.69) is 34.6 Å². The van der Waals surface area contributed by atoms with Gasteiger partial charge in [0.25, 0.3) is 0 Å². The summed E-state index contributed by atoms with van der Waals surface area (Å²) >= 11 is 0. The van der Waals surface area contributed by atoms with Crippen molar-refractivity contribution in [2.24, 2.45) is 11.8 Å². The molecule has 0 aromatic heterocycles. The zero-order chi connectivity index (χ0) is 41.9. The molecule has 0 rings (SSSR count). The molecule has 6 heteroatoms. The number of rotatable bonds is 45. The summed E-state index contributed by atoms with van der Waals surface area (Å²) in [6.07, 6.45) is 43.9. The number of hydrogen-bond acceptors (Lipinski definition) is 6. The maximum atomic E-state index is 12.8. The van der Waals surface area contributed by atoms with Gasteiger partial charge in [-0.05, 0) is 31.1 Å². The van der Waals surface area contributed by atoms with Crippen LogP contribution in [0.25, 0.3) is 0 Å². The summed E-state index contributed by atoms with van der Waals surface area (Å²) in [6.45, 7) is 11.3. The lowest BCUT2D eigenvalue weighted by molar-refractivity contribution is -0.167. The Morgan fingerprint density at radius 3 is 0.860 bits per heavy atom. The van der Waals surface area contributed by atoms with Crippen LogP contribution in [0.3, 0.4) is 0 Å². The number of carbonyl (C=O) groups is 3. The second-order valence-corrected chi connectivity index (χ2v) is 18.4. The van der Waals surface area contributed by atoms with Gasteiger partial charge < -0.3 is 14.2 Å². The molecule has 6 nitrogen and oxygen atoms in total. The van der Waals surface area contributed by atoms with Gasteiger partial charge in [-0.3, -0.25) is 14.4 Å². The summed E-state index contributed by atoms with van der Waals surface area (Å²) in [7, 11) is 0. The van der Waals surface area contributed by atoms with Crippen LogP contribution >= 0.6 is 0 Å². The van der Waals surface area contributed by atoms with E-state index in [9.17, 15) is 14.4 Å². The summed E-state index contributed by atoms with van der Waals surface area (Å²) in [5.41, 5.74) is 0. The van der Waals surface area contributed by atoms with Crippen molar-refractivity contribution in [1.82, 2.24) is 0 Å². The Bertz CT molecular complexity index is 870. The molecule has 0 radical (unpaired) electrons. The highest BCUT2D eigenvalue weighted by Crippen LogP contribution is 2.17. The molecule has 0 aliphatic carbocycles. The standard InChI is InChI=1S/C51H98O6/c1-6-7-8-9-10-11-12-13-14-15-16-19-23-26-33-38-43-51(54)57-48(45-56-50(53)42-37-32-28-27-30-35-40-47(4)5)44-55-49(52)41-36-31-25-22-20-17-18-21-24-29-34-39-46(2)3/h46-48H,6-45H2,1-5H3/t48-/m1/s1. The maximum Gasteiger partial charge on any atom is 0.306 e. The quantitative estimate of drug-likeness (QED) is 0.0346. The maximum absolute atomic E-state index is 12.8. The van der Waals surface area contributed by atoms with Crippen molar-refractivity contribution >= 4 is 17.9 Å². The fourth-order valence-corrected chi connectivity index (χ4v) is 7.64. The molecule has 0 spiro atoms. The molecular weight excluding hydrogens is 709 g/mol. The third-order valence-corrected chi connectivity index (χ3v) is 11.5. The van der Waals surface area contributed by atoms with Crippen LogP contribution in [0, 0.1) is 11.8 Å². The zero-order valence-corrected chi connectivity index (χ0v) is 39.0. The Morgan fingerprint density at radius 2 is 0.579 bits per heavy atom. The van der Waals surface area contributed by atoms with Crippen molar-refractivity contribution in [2.75, 3.05) is 13.2 Å². The predicted molar refractivity (Wildman–Crippen MR) is 243 cm³/mol. The predicted octanol–water partition coefficient (Wildman–Crippen LogP) is 16.1. The molecular formula is C51H98O6. The van der Waals surface area contributed by atoms with E-state index in [1.165, 1.54) is 167 Å². The number of ether oxygens (including phenoxy) is 3. The average Bonchev–Trinajstić information content (AvgIpc) is 3.18. The van der Waals surface area contributed by atoms with Crippen molar-refractivity contribution in [3.63, 3.8) is 0 Å². The molecule has 0 aromatic carbocycles. The van der Waals surface area contributed by atoms with Crippen molar-refractivity contribution in [3.05, 3.63) is 0 Å². The Balaban J connectivity index is 4.28. The molecule has 0 aliphatic rings. The first-order chi connectivity index (χ1) is 27.7. The van der Waals surface area contributed by atoms with Gasteiger partial charge in [-0.25, -0.2) is 0 Å². The van der Waals surface area contributed by atoms with Crippen molar-refractivity contribution in [3.8, 4) is 0 Å². The topological polar surface area (TPSA) is 78.9 Å². The van der Waals surface area contributed by atoms with E-state index in [4.69, 9.17) is 14.2 Å². The minimum atomic E-state index is -0.761. The van der Waals surface area contributed by atoms with Gasteiger partial charge in [-0.2, -0.15) is 0 Å². The molecule has 0 saturated carbocycles. The molecule has 0 heterocycles. The number of carbonyl (C=O) groups excluding carboxylic acids is 3. The SMILES string of the molecule is CCCCCCCCCCCCCCCCCCC(=O)O[C@H](COC(=O)CCCCCCCCCCCCCC(C)C)COC(=O)CCCCCCCCC(C)C. The molecule has 338 valence electrons. The van der Waals surface area contributed by atoms with Crippen molar-refractivity contribution < 1.29 is 28.6 Å². The molecule has 0 unspecified atom stereocenters. The summed E-state index contributed by atoms with van der Waals surface area (Å²) in [6, 6.07) is 0. The van der Waals surface area contributed by atoms with Crippen LogP contribution in [0.2, 0.25) is 0 Å². The molecule has 0 N–H and O–H groups in total. The fourth-order valence-electron chi connectivity index (χ4n) is 7.64. The van der Waals surface area contributed by atoms with Crippen LogP contribution in [0.4, 0.5) is 0 Å².